The molecule has 0 aliphatic heterocycles. The molecule has 0 bridgehead atoms. The number of aromatic nitrogens is 2. The van der Waals surface area contributed by atoms with Crippen LogP contribution in [-0.4, -0.2) is 47.8 Å². The van der Waals surface area contributed by atoms with Crippen LogP contribution in [0.5, 0.6) is 5.75 Å². The molecule has 174 valence electrons. The fraction of sp³-hybridized carbons (Fsp3) is 0.316. The summed E-state index contributed by atoms with van der Waals surface area (Å²) in [5.74, 6) is -1.69. The van der Waals surface area contributed by atoms with E-state index in [9.17, 15) is 31.9 Å². The fourth-order valence-corrected chi connectivity index (χ4v) is 2.70. The lowest BCUT2D eigenvalue weighted by molar-refractivity contribution is -0.144. The Kier molecular flexibility index (Phi) is 7.39. The van der Waals surface area contributed by atoms with E-state index >= 15 is 0 Å². The van der Waals surface area contributed by atoms with Crippen molar-refractivity contribution in [1.82, 2.24) is 14.0 Å². The fourth-order valence-electron chi connectivity index (χ4n) is 2.49. The standard InChI is InChI=1S/C19H18ClF4N3O5/c1-25(2)16(28)5-10(31-4)9-32-14-7-13(12(21)6-11(14)20)27-17(29)8-15(19(22,23)24)26(3)18(27)30/h5-8H,9H2,1-4H3. The molecule has 0 saturated heterocycles. The Labute approximate surface area is 183 Å². The zero-order valence-corrected chi connectivity index (χ0v) is 18.0. The van der Waals surface area contributed by atoms with E-state index in [0.29, 0.717) is 0 Å². The molecule has 0 saturated carbocycles. The van der Waals surface area contributed by atoms with Crippen molar-refractivity contribution in [2.24, 2.45) is 7.05 Å². The Morgan fingerprint density at radius 3 is 2.38 bits per heavy atom. The van der Waals surface area contributed by atoms with E-state index in [0.717, 1.165) is 25.3 Å². The number of hydrogen-bond donors (Lipinski definition) is 0. The van der Waals surface area contributed by atoms with Gasteiger partial charge in [-0.3, -0.25) is 14.2 Å². The minimum absolute atomic E-state index is 0.0771. The van der Waals surface area contributed by atoms with Crippen LogP contribution in [0.3, 0.4) is 0 Å². The highest BCUT2D eigenvalue weighted by molar-refractivity contribution is 6.32. The van der Waals surface area contributed by atoms with Crippen LogP contribution in [0, 0.1) is 5.82 Å². The third-order valence-electron chi connectivity index (χ3n) is 4.21. The third-order valence-corrected chi connectivity index (χ3v) is 4.51. The monoisotopic (exact) mass is 479 g/mol. The number of likely N-dealkylation sites (N-methyl/N-ethyl adjacent to an activating group) is 1. The van der Waals surface area contributed by atoms with Gasteiger partial charge in [0.1, 0.15) is 29.6 Å². The molecule has 1 aromatic heterocycles. The number of methoxy groups -OCH3 is 1. The van der Waals surface area contributed by atoms with Crippen molar-refractivity contribution in [2.75, 3.05) is 27.8 Å². The maximum atomic E-state index is 14.5. The predicted octanol–water partition coefficient (Wildman–Crippen LogP) is 2.34. The molecule has 0 radical (unpaired) electrons. The Hall–Kier alpha value is -3.28. The Morgan fingerprint density at radius 2 is 1.84 bits per heavy atom. The minimum atomic E-state index is -4.97. The number of nitrogens with zero attached hydrogens (tertiary/aromatic N) is 3. The molecular formula is C19H18ClF4N3O5. The molecule has 0 spiro atoms. The maximum Gasteiger partial charge on any atom is 0.431 e. The number of ether oxygens (including phenoxy) is 2. The quantitative estimate of drug-likeness (QED) is 0.361. The molecule has 2 rings (SSSR count). The van der Waals surface area contributed by atoms with Gasteiger partial charge in [-0.15, -0.1) is 0 Å². The van der Waals surface area contributed by atoms with E-state index in [-0.39, 0.29) is 38.3 Å². The third kappa shape index (κ3) is 5.31. The van der Waals surface area contributed by atoms with E-state index in [1.165, 1.54) is 26.1 Å². The lowest BCUT2D eigenvalue weighted by Gasteiger charge is -2.16. The van der Waals surface area contributed by atoms with Crippen molar-refractivity contribution in [3.05, 3.63) is 67.4 Å². The first kappa shape index (κ1) is 25.0. The van der Waals surface area contributed by atoms with Crippen LogP contribution in [0.2, 0.25) is 5.02 Å². The number of alkyl halides is 3. The van der Waals surface area contributed by atoms with Gasteiger partial charge >= 0.3 is 11.9 Å². The largest absolute Gasteiger partial charge is 0.497 e. The first-order valence-corrected chi connectivity index (χ1v) is 9.14. The summed E-state index contributed by atoms with van der Waals surface area (Å²) in [7, 11) is 5.10. The van der Waals surface area contributed by atoms with Crippen LogP contribution < -0.4 is 16.0 Å². The molecule has 1 aromatic carbocycles. The van der Waals surface area contributed by atoms with E-state index < -0.39 is 40.5 Å². The zero-order chi connectivity index (χ0) is 24.4. The highest BCUT2D eigenvalue weighted by Gasteiger charge is 2.35. The zero-order valence-electron chi connectivity index (χ0n) is 17.3. The number of amides is 1. The van der Waals surface area contributed by atoms with Gasteiger partial charge in [0, 0.05) is 39.4 Å². The SMILES string of the molecule is COC(=CC(=O)N(C)C)COc1cc(-n2c(=O)cc(C(F)(F)F)n(C)c2=O)c(F)cc1Cl. The number of halogens is 5. The van der Waals surface area contributed by atoms with E-state index in [4.69, 9.17) is 21.1 Å². The summed E-state index contributed by atoms with van der Waals surface area (Å²) >= 11 is 5.95. The first-order chi connectivity index (χ1) is 14.8. The second-order valence-electron chi connectivity index (χ2n) is 6.61. The normalized spacial score (nSPS) is 12.0. The number of hydrogen-bond acceptors (Lipinski definition) is 5. The van der Waals surface area contributed by atoms with Crippen LogP contribution in [0.4, 0.5) is 17.6 Å². The molecule has 0 fully saturated rings. The first-order valence-electron chi connectivity index (χ1n) is 8.76. The Morgan fingerprint density at radius 1 is 1.22 bits per heavy atom. The van der Waals surface area contributed by atoms with Crippen LogP contribution in [0.15, 0.2) is 39.6 Å². The van der Waals surface area contributed by atoms with Gasteiger partial charge in [0.25, 0.3) is 5.56 Å². The van der Waals surface area contributed by atoms with Crippen molar-refractivity contribution in [1.29, 1.82) is 0 Å². The molecule has 1 heterocycles. The smallest absolute Gasteiger partial charge is 0.431 e. The molecular weight excluding hydrogens is 462 g/mol. The molecule has 1 amide bonds. The molecule has 0 aliphatic rings. The molecule has 0 atom stereocenters. The van der Waals surface area contributed by atoms with E-state index in [1.807, 2.05) is 0 Å². The number of carbonyl (C=O) groups excluding carboxylic acids is 1. The van der Waals surface area contributed by atoms with Gasteiger partial charge in [-0.1, -0.05) is 11.6 Å². The van der Waals surface area contributed by atoms with Gasteiger partial charge < -0.3 is 14.4 Å². The van der Waals surface area contributed by atoms with Gasteiger partial charge in [0.2, 0.25) is 5.91 Å². The Balaban J connectivity index is 2.53. The van der Waals surface area contributed by atoms with Crippen LogP contribution in [-0.2, 0) is 22.8 Å². The van der Waals surface area contributed by atoms with Crippen molar-refractivity contribution >= 4 is 17.5 Å². The van der Waals surface area contributed by atoms with Crippen molar-refractivity contribution < 1.29 is 31.8 Å². The number of carbonyl (C=O) groups is 1. The molecule has 32 heavy (non-hydrogen) atoms. The number of benzene rings is 1. The lowest BCUT2D eigenvalue weighted by atomic mass is 10.2. The van der Waals surface area contributed by atoms with E-state index in [1.54, 1.807) is 0 Å². The van der Waals surface area contributed by atoms with Crippen molar-refractivity contribution in [2.45, 2.75) is 6.18 Å². The number of rotatable bonds is 6. The average molecular weight is 480 g/mol. The molecule has 13 heteroatoms. The summed E-state index contributed by atoms with van der Waals surface area (Å²) < 4.78 is 64.4. The van der Waals surface area contributed by atoms with E-state index in [2.05, 4.69) is 0 Å². The van der Waals surface area contributed by atoms with Crippen LogP contribution in [0.1, 0.15) is 5.69 Å². The minimum Gasteiger partial charge on any atom is -0.497 e. The summed E-state index contributed by atoms with van der Waals surface area (Å²) in [6, 6.07) is 1.79. The molecule has 2 aromatic rings. The lowest BCUT2D eigenvalue weighted by Crippen LogP contribution is -2.41. The van der Waals surface area contributed by atoms with Gasteiger partial charge in [-0.25, -0.2) is 13.8 Å². The van der Waals surface area contributed by atoms with Crippen LogP contribution >= 0.6 is 11.6 Å². The summed E-state index contributed by atoms with van der Waals surface area (Å²) in [5.41, 5.74) is -4.99. The predicted molar refractivity (Wildman–Crippen MR) is 107 cm³/mol. The summed E-state index contributed by atoms with van der Waals surface area (Å²) in [6.45, 7) is -0.333. The molecule has 0 unspecified atom stereocenters. The maximum absolute atomic E-state index is 14.5. The van der Waals surface area contributed by atoms with Gasteiger partial charge in [-0.2, -0.15) is 13.2 Å². The highest BCUT2D eigenvalue weighted by atomic mass is 35.5. The topological polar surface area (TPSA) is 82.8 Å². The summed E-state index contributed by atoms with van der Waals surface area (Å²) in [4.78, 5) is 37.7. The van der Waals surface area contributed by atoms with Crippen LogP contribution in [0.25, 0.3) is 5.69 Å². The van der Waals surface area contributed by atoms with Gasteiger partial charge in [-0.05, 0) is 6.07 Å². The highest BCUT2D eigenvalue weighted by Crippen LogP contribution is 2.30. The van der Waals surface area contributed by atoms with Gasteiger partial charge in [0.15, 0.2) is 0 Å². The molecule has 0 aliphatic carbocycles. The second kappa shape index (κ2) is 9.47. The van der Waals surface area contributed by atoms with Crippen molar-refractivity contribution in [3.8, 4) is 11.4 Å². The summed E-state index contributed by atoms with van der Waals surface area (Å²) in [5, 5.41) is -0.252. The van der Waals surface area contributed by atoms with Gasteiger partial charge in [0.05, 0.1) is 17.8 Å². The van der Waals surface area contributed by atoms with Crippen molar-refractivity contribution in [3.63, 3.8) is 0 Å². The Bertz CT molecular complexity index is 1190. The molecule has 8 nitrogen and oxygen atoms in total. The average Bonchev–Trinajstić information content (AvgIpc) is 2.69. The summed E-state index contributed by atoms with van der Waals surface area (Å²) in [6.07, 6.45) is -3.83. The molecule has 0 N–H and O–H groups in total. The second-order valence-corrected chi connectivity index (χ2v) is 7.02.